The zero-order chi connectivity index (χ0) is 13.7. The lowest BCUT2D eigenvalue weighted by Gasteiger charge is -2.12. The Balaban J connectivity index is 2.73. The van der Waals surface area contributed by atoms with Crippen molar-refractivity contribution in [3.63, 3.8) is 0 Å². The maximum absolute atomic E-state index is 11.9. The number of rotatable bonds is 5. The lowest BCUT2D eigenvalue weighted by molar-refractivity contribution is -0.152. The van der Waals surface area contributed by atoms with Gasteiger partial charge in [-0.25, -0.2) is 9.59 Å². The second-order valence-electron chi connectivity index (χ2n) is 3.74. The van der Waals surface area contributed by atoms with Crippen LogP contribution in [0.4, 0.5) is 5.69 Å². The molecule has 0 aliphatic heterocycles. The van der Waals surface area contributed by atoms with Crippen LogP contribution in [0, 0.1) is 0 Å². The number of nitrogen functional groups attached to an aromatic ring is 1. The fourth-order valence-corrected chi connectivity index (χ4v) is 1.49. The normalized spacial score (nSPS) is 11.9. The average molecular weight is 254 g/mol. The standard InChI is InChI=1S/C12H18N2O4/c1-4-14-7-9(13)6-10(14)12(16)18-8(3)11(15)17-5-2/h6-8H,4-5,13H2,1-3H3. The van der Waals surface area contributed by atoms with Crippen molar-refractivity contribution in [1.29, 1.82) is 0 Å². The Morgan fingerprint density at radius 3 is 2.67 bits per heavy atom. The Morgan fingerprint density at radius 1 is 1.44 bits per heavy atom. The minimum atomic E-state index is -0.932. The number of anilines is 1. The number of hydrogen-bond donors (Lipinski definition) is 1. The first-order valence-electron chi connectivity index (χ1n) is 5.82. The molecule has 0 radical (unpaired) electrons. The molecule has 18 heavy (non-hydrogen) atoms. The molecular weight excluding hydrogens is 236 g/mol. The zero-order valence-electron chi connectivity index (χ0n) is 10.8. The monoisotopic (exact) mass is 254 g/mol. The van der Waals surface area contributed by atoms with Crippen LogP contribution in [0.2, 0.25) is 0 Å². The van der Waals surface area contributed by atoms with Crippen LogP contribution in [-0.4, -0.2) is 29.2 Å². The number of nitrogens with zero attached hydrogens (tertiary/aromatic N) is 1. The second kappa shape index (κ2) is 6.09. The van der Waals surface area contributed by atoms with Gasteiger partial charge in [-0.2, -0.15) is 0 Å². The van der Waals surface area contributed by atoms with Crippen molar-refractivity contribution in [3.8, 4) is 0 Å². The van der Waals surface area contributed by atoms with Gasteiger partial charge in [0, 0.05) is 12.7 Å². The number of carbonyl (C=O) groups excluding carboxylic acids is 2. The van der Waals surface area contributed by atoms with E-state index in [0.29, 0.717) is 17.9 Å². The van der Waals surface area contributed by atoms with Crippen molar-refractivity contribution in [1.82, 2.24) is 4.57 Å². The molecule has 1 atom stereocenters. The van der Waals surface area contributed by atoms with Gasteiger partial charge in [0.25, 0.3) is 0 Å². The quantitative estimate of drug-likeness (QED) is 0.798. The highest BCUT2D eigenvalue weighted by atomic mass is 16.6. The number of esters is 2. The molecule has 0 amide bonds. The molecule has 0 aromatic carbocycles. The van der Waals surface area contributed by atoms with Gasteiger partial charge in [0.1, 0.15) is 5.69 Å². The van der Waals surface area contributed by atoms with E-state index in [1.165, 1.54) is 13.0 Å². The molecular formula is C12H18N2O4. The van der Waals surface area contributed by atoms with Crippen molar-refractivity contribution in [2.75, 3.05) is 12.3 Å². The number of hydrogen-bond acceptors (Lipinski definition) is 5. The van der Waals surface area contributed by atoms with E-state index >= 15 is 0 Å². The number of aryl methyl sites for hydroxylation is 1. The first-order chi connectivity index (χ1) is 8.49. The van der Waals surface area contributed by atoms with E-state index < -0.39 is 18.0 Å². The summed E-state index contributed by atoms with van der Waals surface area (Å²) in [7, 11) is 0. The van der Waals surface area contributed by atoms with Gasteiger partial charge in [0.15, 0.2) is 6.10 Å². The van der Waals surface area contributed by atoms with E-state index in [4.69, 9.17) is 15.2 Å². The number of aromatic nitrogens is 1. The summed E-state index contributed by atoms with van der Waals surface area (Å²) in [5, 5.41) is 0. The number of nitrogens with two attached hydrogens (primary N) is 1. The summed E-state index contributed by atoms with van der Waals surface area (Å²) in [6, 6.07) is 1.52. The van der Waals surface area contributed by atoms with Crippen molar-refractivity contribution in [2.45, 2.75) is 33.4 Å². The molecule has 0 aliphatic carbocycles. The van der Waals surface area contributed by atoms with Crippen LogP contribution in [0.25, 0.3) is 0 Å². The smallest absolute Gasteiger partial charge is 0.355 e. The van der Waals surface area contributed by atoms with Gasteiger partial charge in [0.05, 0.1) is 12.3 Å². The van der Waals surface area contributed by atoms with Crippen LogP contribution in [-0.2, 0) is 20.8 Å². The largest absolute Gasteiger partial charge is 0.463 e. The zero-order valence-corrected chi connectivity index (χ0v) is 10.8. The maximum Gasteiger partial charge on any atom is 0.355 e. The summed E-state index contributed by atoms with van der Waals surface area (Å²) in [5.74, 6) is -1.15. The molecule has 0 bridgehead atoms. The van der Waals surface area contributed by atoms with Gasteiger partial charge >= 0.3 is 11.9 Å². The second-order valence-corrected chi connectivity index (χ2v) is 3.74. The first kappa shape index (κ1) is 14.1. The summed E-state index contributed by atoms with van der Waals surface area (Å²) < 4.78 is 11.4. The lowest BCUT2D eigenvalue weighted by atomic mass is 10.3. The third-order valence-electron chi connectivity index (χ3n) is 2.37. The first-order valence-corrected chi connectivity index (χ1v) is 5.82. The molecule has 0 saturated heterocycles. The highest BCUT2D eigenvalue weighted by Gasteiger charge is 2.22. The van der Waals surface area contributed by atoms with Crippen molar-refractivity contribution in [3.05, 3.63) is 18.0 Å². The summed E-state index contributed by atoms with van der Waals surface area (Å²) in [6.45, 7) is 5.88. The fraction of sp³-hybridized carbons (Fsp3) is 0.500. The van der Waals surface area contributed by atoms with Gasteiger partial charge < -0.3 is 19.8 Å². The maximum atomic E-state index is 11.9. The summed E-state index contributed by atoms with van der Waals surface area (Å²) >= 11 is 0. The Labute approximate surface area is 106 Å². The van der Waals surface area contributed by atoms with Crippen LogP contribution in [0.1, 0.15) is 31.3 Å². The predicted molar refractivity (Wildman–Crippen MR) is 66.0 cm³/mol. The third kappa shape index (κ3) is 3.26. The molecule has 1 unspecified atom stereocenters. The summed E-state index contributed by atoms with van der Waals surface area (Å²) in [6.07, 6.45) is 0.713. The van der Waals surface area contributed by atoms with Gasteiger partial charge in [-0.3, -0.25) is 0 Å². The van der Waals surface area contributed by atoms with Gasteiger partial charge in [-0.15, -0.1) is 0 Å². The molecule has 1 rings (SSSR count). The minimum absolute atomic E-state index is 0.249. The molecule has 0 saturated carbocycles. The van der Waals surface area contributed by atoms with Crippen molar-refractivity contribution >= 4 is 17.6 Å². The summed E-state index contributed by atoms with van der Waals surface area (Å²) in [5.41, 5.74) is 6.42. The van der Waals surface area contributed by atoms with Crippen LogP contribution in [0.3, 0.4) is 0 Å². The fourth-order valence-electron chi connectivity index (χ4n) is 1.49. The Morgan fingerprint density at radius 2 is 2.11 bits per heavy atom. The molecule has 0 aliphatic rings. The average Bonchev–Trinajstić information content (AvgIpc) is 2.70. The van der Waals surface area contributed by atoms with E-state index in [0.717, 1.165) is 0 Å². The number of carbonyl (C=O) groups is 2. The van der Waals surface area contributed by atoms with Gasteiger partial charge in [0.2, 0.25) is 0 Å². The highest BCUT2D eigenvalue weighted by Crippen LogP contribution is 2.13. The van der Waals surface area contributed by atoms with E-state index in [-0.39, 0.29) is 6.61 Å². The molecule has 0 spiro atoms. The molecule has 1 aromatic rings. The molecule has 0 fully saturated rings. The predicted octanol–water partition coefficient (Wildman–Crippen LogP) is 1.20. The van der Waals surface area contributed by atoms with Gasteiger partial charge in [-0.1, -0.05) is 0 Å². The third-order valence-corrected chi connectivity index (χ3v) is 2.37. The van der Waals surface area contributed by atoms with E-state index in [1.54, 1.807) is 17.7 Å². The van der Waals surface area contributed by atoms with E-state index in [1.807, 2.05) is 6.92 Å². The molecule has 6 nitrogen and oxygen atoms in total. The van der Waals surface area contributed by atoms with Gasteiger partial charge in [-0.05, 0) is 26.8 Å². The topological polar surface area (TPSA) is 83.6 Å². The molecule has 2 N–H and O–H groups in total. The Bertz CT molecular complexity index is 439. The Hall–Kier alpha value is -1.98. The molecule has 1 aromatic heterocycles. The summed E-state index contributed by atoms with van der Waals surface area (Å²) in [4.78, 5) is 23.2. The van der Waals surface area contributed by atoms with Crippen LogP contribution < -0.4 is 5.73 Å². The highest BCUT2D eigenvalue weighted by molar-refractivity contribution is 5.91. The van der Waals surface area contributed by atoms with Crippen molar-refractivity contribution in [2.24, 2.45) is 0 Å². The molecule has 100 valence electrons. The lowest BCUT2D eigenvalue weighted by Crippen LogP contribution is -2.27. The number of ether oxygens (including phenoxy) is 2. The van der Waals surface area contributed by atoms with E-state index in [2.05, 4.69) is 0 Å². The Kier molecular flexibility index (Phi) is 4.76. The SMILES string of the molecule is CCOC(=O)C(C)OC(=O)c1cc(N)cn1CC. The molecule has 6 heteroatoms. The molecule has 1 heterocycles. The van der Waals surface area contributed by atoms with Crippen molar-refractivity contribution < 1.29 is 19.1 Å². The minimum Gasteiger partial charge on any atom is -0.463 e. The van der Waals surface area contributed by atoms with E-state index in [9.17, 15) is 9.59 Å². The van der Waals surface area contributed by atoms with Crippen LogP contribution in [0.5, 0.6) is 0 Å². The van der Waals surface area contributed by atoms with Crippen LogP contribution >= 0.6 is 0 Å². The van der Waals surface area contributed by atoms with Crippen LogP contribution in [0.15, 0.2) is 12.3 Å².